The highest BCUT2D eigenvalue weighted by atomic mass is 32.2. The van der Waals surface area contributed by atoms with Crippen LogP contribution in [0.15, 0.2) is 47.4 Å². The molecule has 0 heterocycles. The van der Waals surface area contributed by atoms with Crippen molar-refractivity contribution in [2.24, 2.45) is 0 Å². The fourth-order valence-corrected chi connectivity index (χ4v) is 4.31. The van der Waals surface area contributed by atoms with Crippen LogP contribution in [0.3, 0.4) is 0 Å². The summed E-state index contributed by atoms with van der Waals surface area (Å²) in [6.07, 6.45) is -2.80. The largest absolute Gasteiger partial charge is 0.417 e. The molecule has 4 nitrogen and oxygen atoms in total. The van der Waals surface area contributed by atoms with E-state index in [0.717, 1.165) is 23.8 Å². The molecule has 0 aromatic heterocycles. The van der Waals surface area contributed by atoms with Crippen LogP contribution in [-0.2, 0) is 22.6 Å². The fourth-order valence-electron chi connectivity index (χ4n) is 2.99. The third-order valence-electron chi connectivity index (χ3n) is 4.15. The Morgan fingerprint density at radius 1 is 1.15 bits per heavy atom. The van der Waals surface area contributed by atoms with Crippen molar-refractivity contribution in [3.8, 4) is 6.07 Å². The molecule has 0 atom stereocenters. The molecule has 0 amide bonds. The number of nitrogens with zero attached hydrogens (tertiary/aromatic N) is 1. The van der Waals surface area contributed by atoms with Crippen molar-refractivity contribution in [1.29, 1.82) is 5.26 Å². The quantitative estimate of drug-likeness (QED) is 0.867. The van der Waals surface area contributed by atoms with E-state index < -0.39 is 26.7 Å². The van der Waals surface area contributed by atoms with Crippen LogP contribution in [-0.4, -0.2) is 8.42 Å². The minimum Gasteiger partial charge on any atom is -0.279 e. The van der Waals surface area contributed by atoms with E-state index in [0.29, 0.717) is 23.1 Å². The normalized spacial score (nSPS) is 13.7. The number of nitriles is 1. The lowest BCUT2D eigenvalue weighted by Crippen LogP contribution is -2.19. The van der Waals surface area contributed by atoms with E-state index in [-0.39, 0.29) is 5.69 Å². The molecule has 0 bridgehead atoms. The smallest absolute Gasteiger partial charge is 0.279 e. The van der Waals surface area contributed by atoms with Crippen molar-refractivity contribution in [2.45, 2.75) is 24.4 Å². The minimum absolute atomic E-state index is 0.170. The molecular weight excluding hydrogens is 365 g/mol. The Bertz CT molecular complexity index is 1060. The third-order valence-corrected chi connectivity index (χ3v) is 5.57. The number of sulfonamides is 1. The Morgan fingerprint density at radius 2 is 1.85 bits per heavy atom. The lowest BCUT2D eigenvalue weighted by Gasteiger charge is -2.17. The zero-order valence-electron chi connectivity index (χ0n) is 13.6. The van der Waals surface area contributed by atoms with Crippen LogP contribution in [0.25, 0.3) is 5.57 Å². The molecule has 1 aliphatic carbocycles. The molecule has 0 spiro atoms. The summed E-state index contributed by atoms with van der Waals surface area (Å²) in [6.45, 7) is 1.78. The van der Waals surface area contributed by atoms with Crippen LogP contribution in [0.2, 0.25) is 0 Å². The predicted molar refractivity (Wildman–Crippen MR) is 90.7 cm³/mol. The second-order valence-electron chi connectivity index (χ2n) is 5.82. The number of benzene rings is 2. The summed E-state index contributed by atoms with van der Waals surface area (Å²) in [4.78, 5) is -0.840. The molecule has 2 aromatic carbocycles. The predicted octanol–water partition coefficient (Wildman–Crippen LogP) is 4.28. The van der Waals surface area contributed by atoms with E-state index in [1.165, 1.54) is 12.1 Å². The van der Waals surface area contributed by atoms with Gasteiger partial charge in [-0.05, 0) is 42.7 Å². The molecule has 1 N–H and O–H groups in total. The van der Waals surface area contributed by atoms with Crippen LogP contribution < -0.4 is 4.72 Å². The first kappa shape index (κ1) is 18.0. The van der Waals surface area contributed by atoms with Crippen molar-refractivity contribution in [2.75, 3.05) is 4.72 Å². The van der Waals surface area contributed by atoms with Gasteiger partial charge in [-0.15, -0.1) is 0 Å². The second-order valence-corrected chi connectivity index (χ2v) is 7.47. The van der Waals surface area contributed by atoms with Crippen LogP contribution in [0.5, 0.6) is 0 Å². The molecule has 0 unspecified atom stereocenters. The number of nitrogens with one attached hydrogen (secondary N) is 1. The number of halogens is 3. The SMILES string of the molecule is Cc1ccc(NS(=O)(=O)c2ccccc2C(F)(F)F)c2c1C(C#N)=CC2. The van der Waals surface area contributed by atoms with E-state index >= 15 is 0 Å². The maximum atomic E-state index is 13.2. The fraction of sp³-hybridized carbons (Fsp3) is 0.167. The number of alkyl halides is 3. The van der Waals surface area contributed by atoms with E-state index in [9.17, 15) is 26.9 Å². The van der Waals surface area contributed by atoms with Crippen molar-refractivity contribution in [1.82, 2.24) is 0 Å². The second kappa shape index (κ2) is 6.18. The summed E-state index contributed by atoms with van der Waals surface area (Å²) < 4.78 is 66.9. The van der Waals surface area contributed by atoms with Crippen LogP contribution in [0.4, 0.5) is 18.9 Å². The number of allylic oxidation sites excluding steroid dienone is 2. The Hall–Kier alpha value is -2.79. The molecule has 26 heavy (non-hydrogen) atoms. The molecular formula is C18H13F3N2O2S. The van der Waals surface area contributed by atoms with E-state index in [2.05, 4.69) is 4.72 Å². The molecule has 8 heteroatoms. The van der Waals surface area contributed by atoms with E-state index in [4.69, 9.17) is 0 Å². The van der Waals surface area contributed by atoms with Crippen LogP contribution in [0.1, 0.15) is 22.3 Å². The summed E-state index contributed by atoms with van der Waals surface area (Å²) in [6, 6.07) is 9.18. The van der Waals surface area contributed by atoms with Gasteiger partial charge in [0.15, 0.2) is 0 Å². The van der Waals surface area contributed by atoms with Gasteiger partial charge < -0.3 is 0 Å². The number of anilines is 1. The van der Waals surface area contributed by atoms with Gasteiger partial charge in [-0.25, -0.2) is 8.42 Å². The standard InChI is InChI=1S/C18H13F3N2O2S/c1-11-6-9-15(13-8-7-12(10-22)17(11)13)23-26(24,25)16-5-3-2-4-14(16)18(19,20)21/h2-7,9,23H,8H2,1H3. The molecule has 1 aliphatic rings. The number of hydrogen-bond acceptors (Lipinski definition) is 3. The van der Waals surface area contributed by atoms with Gasteiger partial charge in [0, 0.05) is 5.56 Å². The van der Waals surface area contributed by atoms with Crippen molar-refractivity contribution >= 4 is 21.3 Å². The van der Waals surface area contributed by atoms with Crippen LogP contribution >= 0.6 is 0 Å². The highest BCUT2D eigenvalue weighted by Crippen LogP contribution is 2.38. The van der Waals surface area contributed by atoms with Gasteiger partial charge in [0.1, 0.15) is 0 Å². The van der Waals surface area contributed by atoms with Crippen molar-refractivity contribution < 1.29 is 21.6 Å². The summed E-state index contributed by atoms with van der Waals surface area (Å²) in [7, 11) is -4.46. The molecule has 0 saturated carbocycles. The maximum absolute atomic E-state index is 13.2. The molecule has 3 rings (SSSR count). The first-order valence-corrected chi connectivity index (χ1v) is 9.05. The summed E-state index contributed by atoms with van der Waals surface area (Å²) >= 11 is 0. The molecule has 0 saturated heterocycles. The van der Waals surface area contributed by atoms with Gasteiger partial charge in [-0.2, -0.15) is 18.4 Å². The molecule has 0 aliphatic heterocycles. The summed E-state index contributed by atoms with van der Waals surface area (Å²) in [5, 5.41) is 9.18. The average molecular weight is 378 g/mol. The van der Waals surface area contributed by atoms with E-state index in [1.807, 2.05) is 6.07 Å². The van der Waals surface area contributed by atoms with Gasteiger partial charge in [0.25, 0.3) is 10.0 Å². The first-order valence-electron chi connectivity index (χ1n) is 7.57. The van der Waals surface area contributed by atoms with Gasteiger partial charge in [0.05, 0.1) is 27.8 Å². The summed E-state index contributed by atoms with van der Waals surface area (Å²) in [5.41, 5.74) is 1.36. The molecule has 2 aromatic rings. The Labute approximate surface area is 148 Å². The Kier molecular flexibility index (Phi) is 4.28. The average Bonchev–Trinajstić information content (AvgIpc) is 3.02. The Balaban J connectivity index is 2.07. The number of fused-ring (bicyclic) bond motifs is 1. The maximum Gasteiger partial charge on any atom is 0.417 e. The highest BCUT2D eigenvalue weighted by Gasteiger charge is 2.37. The van der Waals surface area contributed by atoms with Crippen molar-refractivity contribution in [3.05, 3.63) is 64.7 Å². The molecule has 0 fully saturated rings. The zero-order chi connectivity index (χ0) is 19.1. The third kappa shape index (κ3) is 3.06. The molecule has 0 radical (unpaired) electrons. The topological polar surface area (TPSA) is 70.0 Å². The zero-order valence-corrected chi connectivity index (χ0v) is 14.4. The minimum atomic E-state index is -4.80. The van der Waals surface area contributed by atoms with Gasteiger partial charge in [-0.3, -0.25) is 4.72 Å². The summed E-state index contributed by atoms with van der Waals surface area (Å²) in [5.74, 6) is 0. The molecule has 134 valence electrons. The monoisotopic (exact) mass is 378 g/mol. The van der Waals surface area contributed by atoms with Crippen molar-refractivity contribution in [3.63, 3.8) is 0 Å². The van der Waals surface area contributed by atoms with Gasteiger partial charge in [-0.1, -0.05) is 24.3 Å². The highest BCUT2D eigenvalue weighted by molar-refractivity contribution is 7.92. The van der Waals surface area contributed by atoms with E-state index in [1.54, 1.807) is 19.1 Å². The number of aryl methyl sites for hydroxylation is 1. The number of rotatable bonds is 3. The Morgan fingerprint density at radius 3 is 2.50 bits per heavy atom. The lowest BCUT2D eigenvalue weighted by molar-refractivity contribution is -0.139. The van der Waals surface area contributed by atoms with Gasteiger partial charge >= 0.3 is 6.18 Å². The van der Waals surface area contributed by atoms with Crippen LogP contribution in [0, 0.1) is 18.3 Å². The number of hydrogen-bond donors (Lipinski definition) is 1. The first-order chi connectivity index (χ1) is 12.1. The van der Waals surface area contributed by atoms with Gasteiger partial charge in [0.2, 0.25) is 0 Å². The lowest BCUT2D eigenvalue weighted by atomic mass is 9.99.